The minimum absolute atomic E-state index is 0.0800. The molecule has 19 heavy (non-hydrogen) atoms. The van der Waals surface area contributed by atoms with Gasteiger partial charge in [0.05, 0.1) is 5.92 Å². The molecule has 100 valence electrons. The van der Waals surface area contributed by atoms with E-state index in [0.717, 1.165) is 5.01 Å². The number of halogens is 1. The summed E-state index contributed by atoms with van der Waals surface area (Å²) in [6.07, 6.45) is 0.143. The molecule has 1 unspecified atom stereocenters. The lowest BCUT2D eigenvalue weighted by atomic mass is 9.98. The molecule has 1 N–H and O–H groups in total. The molecule has 2 heterocycles. The molecule has 2 rings (SSSR count). The van der Waals surface area contributed by atoms with Gasteiger partial charge in [0, 0.05) is 12.1 Å². The Hall–Kier alpha value is -2.02. The van der Waals surface area contributed by atoms with E-state index >= 15 is 0 Å². The van der Waals surface area contributed by atoms with Gasteiger partial charge in [-0.25, -0.2) is 0 Å². The normalized spacial score (nSPS) is 18.6. The van der Waals surface area contributed by atoms with Crippen molar-refractivity contribution in [3.05, 3.63) is 17.3 Å². The molecule has 0 aliphatic carbocycles. The van der Waals surface area contributed by atoms with Crippen LogP contribution in [-0.2, 0) is 9.59 Å². The Balaban J connectivity index is 2.15. The average molecular weight is 283 g/mol. The summed E-state index contributed by atoms with van der Waals surface area (Å²) in [5.74, 6) is -1.49. The highest BCUT2D eigenvalue weighted by Crippen LogP contribution is 2.25. The number of carboxylic acids is 1. The fraction of sp³-hybridized carbons (Fsp3) is 0.364. The highest BCUT2D eigenvalue weighted by atomic mass is 35.5. The first-order valence-corrected chi connectivity index (χ1v) is 5.97. The van der Waals surface area contributed by atoms with Crippen LogP contribution in [-0.4, -0.2) is 32.9 Å². The Morgan fingerprint density at radius 2 is 2.21 bits per heavy atom. The zero-order chi connectivity index (χ0) is 14.0. The minimum Gasteiger partial charge on any atom is -0.481 e. The summed E-state index contributed by atoms with van der Waals surface area (Å²) in [6, 6.07) is 3.04. The number of hydrogen-bond acceptors (Lipinski definition) is 5. The molecule has 0 bridgehead atoms. The maximum atomic E-state index is 12.1. The van der Waals surface area contributed by atoms with Crippen molar-refractivity contribution in [2.75, 3.05) is 5.01 Å². The maximum Gasteiger partial charge on any atom is 0.303 e. The Kier molecular flexibility index (Phi) is 3.75. The van der Waals surface area contributed by atoms with Crippen LogP contribution in [0.1, 0.15) is 19.8 Å². The standard InChI is InChI=1S/C11H11ClN4O3/c1-6-7(2-5-10(17)18)11(19)16(15-6)9-4-3-8(12)13-14-9/h3-4,7H,2,5H2,1H3,(H,17,18). The van der Waals surface area contributed by atoms with Crippen molar-refractivity contribution in [2.45, 2.75) is 19.8 Å². The SMILES string of the molecule is CC1=NN(c2ccc(Cl)nn2)C(=O)C1CCC(=O)O. The number of anilines is 1. The number of nitrogens with zero attached hydrogens (tertiary/aromatic N) is 4. The largest absolute Gasteiger partial charge is 0.481 e. The van der Waals surface area contributed by atoms with Crippen molar-refractivity contribution in [1.82, 2.24) is 10.2 Å². The lowest BCUT2D eigenvalue weighted by Crippen LogP contribution is -2.28. The van der Waals surface area contributed by atoms with Gasteiger partial charge in [-0.3, -0.25) is 9.59 Å². The van der Waals surface area contributed by atoms with E-state index in [1.807, 2.05) is 0 Å². The van der Waals surface area contributed by atoms with Gasteiger partial charge >= 0.3 is 5.97 Å². The van der Waals surface area contributed by atoms with Gasteiger partial charge in [-0.15, -0.1) is 10.2 Å². The number of rotatable bonds is 4. The summed E-state index contributed by atoms with van der Waals surface area (Å²) in [6.45, 7) is 1.69. The number of aliphatic carboxylic acids is 1. The van der Waals surface area contributed by atoms with E-state index in [-0.39, 0.29) is 29.7 Å². The van der Waals surface area contributed by atoms with Gasteiger partial charge < -0.3 is 5.11 Å². The Bertz CT molecular complexity index is 543. The van der Waals surface area contributed by atoms with Gasteiger partial charge in [-0.2, -0.15) is 10.1 Å². The maximum absolute atomic E-state index is 12.1. The van der Waals surface area contributed by atoms with Gasteiger partial charge in [0.1, 0.15) is 0 Å². The van der Waals surface area contributed by atoms with Crippen molar-refractivity contribution < 1.29 is 14.7 Å². The molecule has 0 radical (unpaired) electrons. The van der Waals surface area contributed by atoms with Crippen molar-refractivity contribution in [3.8, 4) is 0 Å². The summed E-state index contributed by atoms with van der Waals surface area (Å²) in [4.78, 5) is 22.7. The molecular formula is C11H11ClN4O3. The van der Waals surface area contributed by atoms with Gasteiger partial charge in [0.2, 0.25) is 0 Å². The van der Waals surface area contributed by atoms with Gasteiger partial charge in [-0.1, -0.05) is 11.6 Å². The monoisotopic (exact) mass is 282 g/mol. The molecule has 1 aromatic rings. The first kappa shape index (κ1) is 13.4. The van der Waals surface area contributed by atoms with Crippen LogP contribution in [0.5, 0.6) is 0 Å². The topological polar surface area (TPSA) is 95.8 Å². The molecule has 1 aromatic heterocycles. The van der Waals surface area contributed by atoms with Crippen molar-refractivity contribution in [2.24, 2.45) is 11.0 Å². The summed E-state index contributed by atoms with van der Waals surface area (Å²) in [5.41, 5.74) is 0.572. The van der Waals surface area contributed by atoms with Crippen LogP contribution in [0.4, 0.5) is 5.82 Å². The fourth-order valence-corrected chi connectivity index (χ4v) is 1.89. The number of hydrazone groups is 1. The lowest BCUT2D eigenvalue weighted by Gasteiger charge is -2.12. The molecule has 1 aliphatic rings. The Morgan fingerprint density at radius 3 is 2.79 bits per heavy atom. The Labute approximate surface area is 113 Å². The second-order valence-corrected chi connectivity index (χ2v) is 4.48. The lowest BCUT2D eigenvalue weighted by molar-refractivity contribution is -0.137. The number of amides is 1. The zero-order valence-corrected chi connectivity index (χ0v) is 10.8. The van der Waals surface area contributed by atoms with Crippen LogP contribution in [0.25, 0.3) is 0 Å². The van der Waals surface area contributed by atoms with E-state index in [0.29, 0.717) is 5.71 Å². The summed E-state index contributed by atoms with van der Waals surface area (Å²) in [5, 5.41) is 21.5. The van der Waals surface area contributed by atoms with Gasteiger partial charge in [-0.05, 0) is 25.5 Å². The molecule has 0 saturated carbocycles. The van der Waals surface area contributed by atoms with Crippen LogP contribution >= 0.6 is 11.6 Å². The summed E-state index contributed by atoms with van der Waals surface area (Å²) >= 11 is 5.62. The second kappa shape index (κ2) is 5.31. The Morgan fingerprint density at radius 1 is 1.47 bits per heavy atom. The molecule has 7 nitrogen and oxygen atoms in total. The molecule has 1 atom stereocenters. The third kappa shape index (κ3) is 2.87. The molecular weight excluding hydrogens is 272 g/mol. The summed E-state index contributed by atoms with van der Waals surface area (Å²) < 4.78 is 0. The number of aromatic nitrogens is 2. The van der Waals surface area contributed by atoms with E-state index in [4.69, 9.17) is 16.7 Å². The third-order valence-corrected chi connectivity index (χ3v) is 2.95. The van der Waals surface area contributed by atoms with Crippen LogP contribution < -0.4 is 5.01 Å². The van der Waals surface area contributed by atoms with Gasteiger partial charge in [0.15, 0.2) is 11.0 Å². The van der Waals surface area contributed by atoms with Crippen LogP contribution in [0, 0.1) is 5.92 Å². The highest BCUT2D eigenvalue weighted by Gasteiger charge is 2.35. The average Bonchev–Trinajstić information content (AvgIpc) is 2.63. The number of carboxylic acid groups (broad SMARTS) is 1. The first-order chi connectivity index (χ1) is 8.99. The molecule has 0 fully saturated rings. The first-order valence-electron chi connectivity index (χ1n) is 5.59. The fourth-order valence-electron chi connectivity index (χ4n) is 1.79. The summed E-state index contributed by atoms with van der Waals surface area (Å²) in [7, 11) is 0. The van der Waals surface area contributed by atoms with Crippen molar-refractivity contribution in [1.29, 1.82) is 0 Å². The van der Waals surface area contributed by atoms with E-state index in [2.05, 4.69) is 15.3 Å². The predicted molar refractivity (Wildman–Crippen MR) is 68.0 cm³/mol. The highest BCUT2D eigenvalue weighted by molar-refractivity contribution is 6.29. The van der Waals surface area contributed by atoms with Crippen LogP contribution in [0.2, 0.25) is 5.15 Å². The molecule has 1 amide bonds. The van der Waals surface area contributed by atoms with E-state index < -0.39 is 11.9 Å². The molecule has 0 aromatic carbocycles. The molecule has 8 heteroatoms. The van der Waals surface area contributed by atoms with Crippen LogP contribution in [0.15, 0.2) is 17.2 Å². The van der Waals surface area contributed by atoms with E-state index in [1.165, 1.54) is 12.1 Å². The smallest absolute Gasteiger partial charge is 0.303 e. The molecule has 0 saturated heterocycles. The van der Waals surface area contributed by atoms with E-state index in [9.17, 15) is 9.59 Å². The van der Waals surface area contributed by atoms with Gasteiger partial charge in [0.25, 0.3) is 5.91 Å². The second-order valence-electron chi connectivity index (χ2n) is 4.09. The third-order valence-electron chi connectivity index (χ3n) is 2.75. The van der Waals surface area contributed by atoms with E-state index in [1.54, 1.807) is 6.92 Å². The van der Waals surface area contributed by atoms with Crippen molar-refractivity contribution in [3.63, 3.8) is 0 Å². The number of carbonyl (C=O) groups is 2. The molecule has 1 aliphatic heterocycles. The predicted octanol–water partition coefficient (Wildman–Crippen LogP) is 1.33. The van der Waals surface area contributed by atoms with Crippen LogP contribution in [0.3, 0.4) is 0 Å². The zero-order valence-electron chi connectivity index (χ0n) is 10.1. The molecule has 0 spiro atoms. The number of hydrogen-bond donors (Lipinski definition) is 1. The number of carbonyl (C=O) groups excluding carboxylic acids is 1. The minimum atomic E-state index is -0.940. The van der Waals surface area contributed by atoms with Crippen molar-refractivity contribution >= 4 is 35.0 Å². The quantitative estimate of drug-likeness (QED) is 0.899.